The second-order valence-electron chi connectivity index (χ2n) is 16.4. The maximum Gasteiger partial charge on any atom is 0.472 e. The van der Waals surface area contributed by atoms with Crippen LogP contribution < -0.4 is 49.3 Å². The van der Waals surface area contributed by atoms with E-state index in [-0.39, 0.29) is 31.7 Å². The normalized spacial score (nSPS) is 28.4. The molecule has 5 unspecified atom stereocenters. The standard InChI is InChI=1S/C39H54N8O25P2/c1-19(49)7-13-63-31-28(55)21(69-34(31)45-10-4-25(52)42-37(45)56)17-66-73(59,60)72-30-22(70-36(33(30)65-15-9-24(51)41-3)47-12-6-27(54)44-39(47)58)18-67-74(61,62)71-29-20(16-48)68-35(32(29)64-14-8-23(50)40-2)46-11-5-26(53)43-38(46)57/h4-6,10-12,20-22,28-36,48,55H,7-9,13-18H2,1-3H3,(H,40,50)(H,41,51)(H,59,60)(H,61,62)(H,42,52,56)(H,43,53,57)(H,44,54,58)/p-1/t20-,21-,22-,28?,29?,30?,31+,32+,33+,34-,35-,36-/m1/s1. The summed E-state index contributed by atoms with van der Waals surface area (Å²) < 4.78 is 86.4. The van der Waals surface area contributed by atoms with Crippen molar-refractivity contribution in [2.45, 2.75) is 99.8 Å². The topological polar surface area (TPSA) is 450 Å². The van der Waals surface area contributed by atoms with Gasteiger partial charge < -0.3 is 68.1 Å². The first-order chi connectivity index (χ1) is 35.0. The summed E-state index contributed by atoms with van der Waals surface area (Å²) in [5.41, 5.74) is -5.65. The zero-order valence-electron chi connectivity index (χ0n) is 39.3. The summed E-state index contributed by atoms with van der Waals surface area (Å²) >= 11 is 0. The van der Waals surface area contributed by atoms with E-state index in [1.807, 2.05) is 15.0 Å². The van der Waals surface area contributed by atoms with Gasteiger partial charge in [0.15, 0.2) is 18.7 Å². The van der Waals surface area contributed by atoms with Crippen LogP contribution >= 0.6 is 15.6 Å². The first-order valence-corrected chi connectivity index (χ1v) is 25.3. The number of aromatic nitrogens is 6. The van der Waals surface area contributed by atoms with Gasteiger partial charge in [0, 0.05) is 70.1 Å². The van der Waals surface area contributed by atoms with Crippen molar-refractivity contribution in [1.29, 1.82) is 0 Å². The van der Waals surface area contributed by atoms with E-state index in [0.717, 1.165) is 50.5 Å². The van der Waals surface area contributed by atoms with Gasteiger partial charge >= 0.3 is 24.9 Å². The van der Waals surface area contributed by atoms with Crippen molar-refractivity contribution in [3.05, 3.63) is 99.3 Å². The molecule has 35 heteroatoms. The molecule has 3 fully saturated rings. The molecule has 33 nitrogen and oxygen atoms in total. The maximum absolute atomic E-state index is 13.9. The summed E-state index contributed by atoms with van der Waals surface area (Å²) in [6.45, 7) is -3.16. The van der Waals surface area contributed by atoms with Crippen molar-refractivity contribution in [1.82, 2.24) is 39.3 Å². The van der Waals surface area contributed by atoms with E-state index in [4.69, 9.17) is 46.5 Å². The van der Waals surface area contributed by atoms with Gasteiger partial charge in [-0.05, 0) is 6.92 Å². The van der Waals surface area contributed by atoms with E-state index in [2.05, 4.69) is 10.6 Å². The van der Waals surface area contributed by atoms with E-state index in [0.29, 0.717) is 0 Å². The number of nitrogens with one attached hydrogen (secondary N) is 5. The van der Waals surface area contributed by atoms with E-state index < -0.39 is 168 Å². The van der Waals surface area contributed by atoms with Crippen LogP contribution in [0.4, 0.5) is 0 Å². The quantitative estimate of drug-likeness (QED) is 0.0348. The van der Waals surface area contributed by atoms with Crippen molar-refractivity contribution in [3.8, 4) is 0 Å². The molecule has 0 spiro atoms. The average Bonchev–Trinajstić information content (AvgIpc) is 3.96. The van der Waals surface area contributed by atoms with Gasteiger partial charge in [-0.3, -0.25) is 71.0 Å². The lowest BCUT2D eigenvalue weighted by Crippen LogP contribution is -2.42. The van der Waals surface area contributed by atoms with Gasteiger partial charge in [0.1, 0.15) is 60.7 Å². The van der Waals surface area contributed by atoms with E-state index in [9.17, 15) is 72.3 Å². The Morgan fingerprint density at radius 1 is 0.635 bits per heavy atom. The number of aromatic amines is 3. The molecule has 0 aromatic carbocycles. The van der Waals surface area contributed by atoms with Gasteiger partial charge in [-0.25, -0.2) is 18.9 Å². The summed E-state index contributed by atoms with van der Waals surface area (Å²) in [6, 6.07) is 2.77. The fourth-order valence-corrected chi connectivity index (χ4v) is 9.66. The molecule has 14 atom stereocenters. The zero-order chi connectivity index (χ0) is 54.1. The highest BCUT2D eigenvalue weighted by atomic mass is 31.2. The molecule has 3 aromatic rings. The third-order valence-electron chi connectivity index (χ3n) is 11.3. The fraction of sp³-hybridized carbons (Fsp3) is 0.615. The van der Waals surface area contributed by atoms with Gasteiger partial charge in [-0.15, -0.1) is 0 Å². The van der Waals surface area contributed by atoms with Crippen molar-refractivity contribution < 1.29 is 90.0 Å². The van der Waals surface area contributed by atoms with Crippen LogP contribution in [0.1, 0.15) is 44.9 Å². The predicted molar refractivity (Wildman–Crippen MR) is 240 cm³/mol. The highest BCUT2D eigenvalue weighted by Gasteiger charge is 2.53. The largest absolute Gasteiger partial charge is 0.756 e. The molecule has 410 valence electrons. The smallest absolute Gasteiger partial charge is 0.472 e. The highest BCUT2D eigenvalue weighted by Crippen LogP contribution is 2.51. The number of Topliss-reactive ketones (excluding diaryl/α,β-unsaturated/α-hetero) is 1. The number of aliphatic hydroxyl groups excluding tert-OH is 2. The minimum Gasteiger partial charge on any atom is -0.756 e. The molecule has 3 aliphatic rings. The lowest BCUT2D eigenvalue weighted by atomic mass is 10.1. The molecule has 6 rings (SSSR count). The van der Waals surface area contributed by atoms with Crippen LogP contribution in [0.15, 0.2) is 65.6 Å². The molecule has 3 aliphatic heterocycles. The first kappa shape index (κ1) is 57.8. The van der Waals surface area contributed by atoms with Gasteiger partial charge in [0.25, 0.3) is 24.5 Å². The number of aliphatic hydroxyl groups is 2. The Kier molecular flexibility index (Phi) is 19.8. The van der Waals surface area contributed by atoms with Crippen molar-refractivity contribution in [2.75, 3.05) is 53.7 Å². The molecule has 8 N–H and O–H groups in total. The third-order valence-corrected chi connectivity index (χ3v) is 13.3. The van der Waals surface area contributed by atoms with E-state index in [1.165, 1.54) is 21.0 Å². The second kappa shape index (κ2) is 25.4. The Morgan fingerprint density at radius 3 is 1.49 bits per heavy atom. The van der Waals surface area contributed by atoms with E-state index in [1.54, 1.807) is 0 Å². The number of hydrogen-bond donors (Lipinski definition) is 8. The Morgan fingerprint density at radius 2 is 1.04 bits per heavy atom. The highest BCUT2D eigenvalue weighted by molar-refractivity contribution is 7.47. The van der Waals surface area contributed by atoms with Gasteiger partial charge in [-0.2, -0.15) is 0 Å². The number of phosphoric acid groups is 2. The van der Waals surface area contributed by atoms with Crippen LogP contribution in [0.3, 0.4) is 0 Å². The lowest BCUT2D eigenvalue weighted by Gasteiger charge is -2.32. The van der Waals surface area contributed by atoms with Crippen molar-refractivity contribution in [2.24, 2.45) is 0 Å². The lowest BCUT2D eigenvalue weighted by molar-refractivity contribution is -0.237. The number of ketones is 1. The molecular formula is C39H53N8O25P2-. The molecule has 3 saturated heterocycles. The number of amides is 2. The minimum atomic E-state index is -5.81. The number of H-pyrrole nitrogens is 3. The van der Waals surface area contributed by atoms with Crippen LogP contribution in [-0.4, -0.2) is 170 Å². The van der Waals surface area contributed by atoms with Gasteiger partial charge in [0.2, 0.25) is 11.8 Å². The molecule has 0 saturated carbocycles. The number of carbonyl (C=O) groups excluding carboxylic acids is 3. The van der Waals surface area contributed by atoms with Crippen LogP contribution in [-0.2, 0) is 70.0 Å². The third kappa shape index (κ3) is 14.7. The van der Waals surface area contributed by atoms with Gasteiger partial charge in [0.05, 0.1) is 39.6 Å². The predicted octanol–water partition coefficient (Wildman–Crippen LogP) is -5.54. The summed E-state index contributed by atoms with van der Waals surface area (Å²) in [6.07, 6.45) is -18.4. The molecule has 2 amide bonds. The molecule has 0 bridgehead atoms. The van der Waals surface area contributed by atoms with Crippen LogP contribution in [0.2, 0.25) is 0 Å². The summed E-state index contributed by atoms with van der Waals surface area (Å²) in [5, 5.41) is 26.3. The Hall–Kier alpha value is -5.45. The average molecular weight is 1100 g/mol. The molecule has 74 heavy (non-hydrogen) atoms. The van der Waals surface area contributed by atoms with Crippen LogP contribution in [0.5, 0.6) is 0 Å². The summed E-state index contributed by atoms with van der Waals surface area (Å²) in [7, 11) is -8.72. The Bertz CT molecular complexity index is 2920. The Balaban J connectivity index is 1.28. The monoisotopic (exact) mass is 1100 g/mol. The Labute approximate surface area is 414 Å². The number of carbonyl (C=O) groups is 3. The molecule has 3 aromatic heterocycles. The first-order valence-electron chi connectivity index (χ1n) is 22.3. The number of nitrogens with zero attached hydrogens (tertiary/aromatic N) is 3. The van der Waals surface area contributed by atoms with Crippen LogP contribution in [0, 0.1) is 0 Å². The summed E-state index contributed by atoms with van der Waals surface area (Å²) in [5.74, 6) is -1.38. The van der Waals surface area contributed by atoms with Crippen molar-refractivity contribution in [3.63, 3.8) is 0 Å². The van der Waals surface area contributed by atoms with Crippen LogP contribution in [0.25, 0.3) is 0 Å². The number of ether oxygens (including phenoxy) is 6. The molecule has 0 radical (unpaired) electrons. The fourth-order valence-electron chi connectivity index (χ4n) is 7.76. The molecular weight excluding hydrogens is 1040 g/mol. The second-order valence-corrected chi connectivity index (χ2v) is 19.1. The van der Waals surface area contributed by atoms with Crippen molar-refractivity contribution >= 4 is 33.2 Å². The minimum absolute atomic E-state index is 0.138. The molecule has 0 aliphatic carbocycles. The van der Waals surface area contributed by atoms with E-state index >= 15 is 0 Å². The number of phosphoric ester groups is 2. The molecule has 6 heterocycles. The maximum atomic E-state index is 13.9. The SMILES string of the molecule is CNC(=O)CCO[C@H]1C(OP(=O)([O-])OC[C@H]2O[C@@H](n3ccc(=O)[nH]c3=O)[C@@H](OCCC(C)=O)C2O)[C@@H](COP(=O)(O)OC2[C@@H](CO)O[C@@H](n3ccc(=O)[nH]c3=O)[C@H]2OCCC(=O)NC)O[C@H]1n1ccc(=O)[nH]c1=O. The number of rotatable bonds is 26. The summed E-state index contributed by atoms with van der Waals surface area (Å²) in [4.78, 5) is 141. The zero-order valence-corrected chi connectivity index (χ0v) is 41.1. The van der Waals surface area contributed by atoms with Gasteiger partial charge in [-0.1, -0.05) is 0 Å². The number of hydrogen-bond acceptors (Lipinski definition) is 24.